The Hall–Kier alpha value is -1.88. The zero-order valence-corrected chi connectivity index (χ0v) is 10.7. The Morgan fingerprint density at radius 1 is 1.44 bits per heavy atom. The molecule has 0 aliphatic rings. The van der Waals surface area contributed by atoms with E-state index in [1.165, 1.54) is 11.8 Å². The molecule has 94 valence electrons. The van der Waals surface area contributed by atoms with E-state index < -0.39 is 5.97 Å². The minimum Gasteiger partial charge on any atom is -0.478 e. The van der Waals surface area contributed by atoms with Crippen molar-refractivity contribution in [3.63, 3.8) is 0 Å². The van der Waals surface area contributed by atoms with Crippen LogP contribution in [0.2, 0.25) is 0 Å². The molecule has 18 heavy (non-hydrogen) atoms. The van der Waals surface area contributed by atoms with Gasteiger partial charge in [0.05, 0.1) is 18.4 Å². The van der Waals surface area contributed by atoms with Crippen LogP contribution >= 0.6 is 11.8 Å². The highest BCUT2D eigenvalue weighted by Gasteiger charge is 2.11. The predicted octanol–water partition coefficient (Wildman–Crippen LogP) is 3.31. The van der Waals surface area contributed by atoms with Gasteiger partial charge in [0.25, 0.3) is 0 Å². The van der Waals surface area contributed by atoms with Crippen molar-refractivity contribution in [3.05, 3.63) is 47.9 Å². The number of benzene rings is 1. The molecule has 0 spiro atoms. The fourth-order valence-corrected chi connectivity index (χ4v) is 2.02. The molecule has 2 aromatic rings. The van der Waals surface area contributed by atoms with E-state index in [9.17, 15) is 9.90 Å². The number of carbonyl (C=O) groups is 1. The monoisotopic (exact) mass is 263 g/mol. The van der Waals surface area contributed by atoms with Crippen LogP contribution in [0.15, 0.2) is 45.9 Å². The zero-order valence-electron chi connectivity index (χ0n) is 9.84. The molecule has 0 aliphatic heterocycles. The Morgan fingerprint density at radius 3 is 2.89 bits per heavy atom. The second kappa shape index (κ2) is 5.64. The van der Waals surface area contributed by atoms with Crippen LogP contribution in [-0.4, -0.2) is 17.3 Å². The molecule has 0 aliphatic carbocycles. The molecule has 5 heteroatoms. The Balaban J connectivity index is 2.18. The zero-order chi connectivity index (χ0) is 13.0. The number of carboxylic acids is 1. The first-order chi connectivity index (χ1) is 8.70. The molecule has 0 radical (unpaired) electrons. The molecule has 1 aromatic heterocycles. The average molecular weight is 263 g/mol. The summed E-state index contributed by atoms with van der Waals surface area (Å²) >= 11 is 1.52. The smallest absolute Gasteiger partial charge is 0.337 e. The lowest BCUT2D eigenvalue weighted by Gasteiger charge is -2.09. The number of furan rings is 1. The lowest BCUT2D eigenvalue weighted by atomic mass is 10.2. The molecule has 2 N–H and O–H groups in total. The fourth-order valence-electron chi connectivity index (χ4n) is 1.58. The van der Waals surface area contributed by atoms with Crippen LogP contribution in [0.4, 0.5) is 5.69 Å². The standard InChI is InChI=1S/C13H13NO3S/c1-18-10-4-5-12(11(7-10)13(15)16)14-8-9-3-2-6-17-9/h2-7,14H,8H2,1H3,(H,15,16). The summed E-state index contributed by atoms with van der Waals surface area (Å²) in [6.45, 7) is 0.464. The first kappa shape index (κ1) is 12.6. The van der Waals surface area contributed by atoms with Crippen molar-refractivity contribution in [1.29, 1.82) is 0 Å². The highest BCUT2D eigenvalue weighted by Crippen LogP contribution is 2.23. The molecule has 1 aromatic carbocycles. The molecule has 0 fully saturated rings. The number of carboxylic acid groups (broad SMARTS) is 1. The Morgan fingerprint density at radius 2 is 2.28 bits per heavy atom. The quantitative estimate of drug-likeness (QED) is 0.810. The second-order valence-electron chi connectivity index (χ2n) is 3.65. The van der Waals surface area contributed by atoms with Crippen molar-refractivity contribution >= 4 is 23.4 Å². The summed E-state index contributed by atoms with van der Waals surface area (Å²) in [5, 5.41) is 12.2. The third kappa shape index (κ3) is 2.87. The van der Waals surface area contributed by atoms with E-state index in [1.54, 1.807) is 24.5 Å². The highest BCUT2D eigenvalue weighted by atomic mass is 32.2. The van der Waals surface area contributed by atoms with Crippen LogP contribution < -0.4 is 5.32 Å². The maximum absolute atomic E-state index is 11.2. The molecular formula is C13H13NO3S. The van der Waals surface area contributed by atoms with Gasteiger partial charge in [-0.25, -0.2) is 4.79 Å². The van der Waals surface area contributed by atoms with E-state index in [4.69, 9.17) is 4.42 Å². The maximum Gasteiger partial charge on any atom is 0.337 e. The summed E-state index contributed by atoms with van der Waals surface area (Å²) in [5.74, 6) is -0.173. The van der Waals surface area contributed by atoms with E-state index in [0.717, 1.165) is 10.7 Å². The van der Waals surface area contributed by atoms with Gasteiger partial charge in [0.2, 0.25) is 0 Å². The third-order valence-corrected chi connectivity index (χ3v) is 3.22. The van der Waals surface area contributed by atoms with Crippen molar-refractivity contribution in [2.45, 2.75) is 11.4 Å². The van der Waals surface area contributed by atoms with Gasteiger partial charge in [0, 0.05) is 10.6 Å². The summed E-state index contributed by atoms with van der Waals surface area (Å²) < 4.78 is 5.19. The SMILES string of the molecule is CSc1ccc(NCc2ccco2)c(C(=O)O)c1. The molecule has 1 heterocycles. The Bertz CT molecular complexity index is 537. The summed E-state index contributed by atoms with van der Waals surface area (Å²) in [7, 11) is 0. The number of hydrogen-bond acceptors (Lipinski definition) is 4. The largest absolute Gasteiger partial charge is 0.478 e. The van der Waals surface area contributed by atoms with E-state index in [2.05, 4.69) is 5.32 Å². The number of aromatic carboxylic acids is 1. The number of rotatable bonds is 5. The predicted molar refractivity (Wildman–Crippen MR) is 71.2 cm³/mol. The minimum absolute atomic E-state index is 0.272. The molecule has 0 unspecified atom stereocenters. The summed E-state index contributed by atoms with van der Waals surface area (Å²) in [4.78, 5) is 12.1. The highest BCUT2D eigenvalue weighted by molar-refractivity contribution is 7.98. The third-order valence-electron chi connectivity index (χ3n) is 2.49. The number of anilines is 1. The van der Waals surface area contributed by atoms with Gasteiger partial charge < -0.3 is 14.8 Å². The van der Waals surface area contributed by atoms with Crippen molar-refractivity contribution in [3.8, 4) is 0 Å². The van der Waals surface area contributed by atoms with Gasteiger partial charge >= 0.3 is 5.97 Å². The molecular weight excluding hydrogens is 250 g/mol. The van der Waals surface area contributed by atoms with Crippen molar-refractivity contribution in [2.24, 2.45) is 0 Å². The maximum atomic E-state index is 11.2. The van der Waals surface area contributed by atoms with Gasteiger partial charge in [-0.1, -0.05) is 0 Å². The van der Waals surface area contributed by atoms with Crippen molar-refractivity contribution in [1.82, 2.24) is 0 Å². The van der Waals surface area contributed by atoms with E-state index in [-0.39, 0.29) is 5.56 Å². The van der Waals surface area contributed by atoms with Gasteiger partial charge in [-0.15, -0.1) is 11.8 Å². The van der Waals surface area contributed by atoms with E-state index in [0.29, 0.717) is 12.2 Å². The van der Waals surface area contributed by atoms with Gasteiger partial charge in [0.1, 0.15) is 5.76 Å². The van der Waals surface area contributed by atoms with Crippen LogP contribution in [0.25, 0.3) is 0 Å². The summed E-state index contributed by atoms with van der Waals surface area (Å²) in [5.41, 5.74) is 0.866. The van der Waals surface area contributed by atoms with Crippen LogP contribution in [0.5, 0.6) is 0 Å². The molecule has 0 saturated carbocycles. The first-order valence-corrected chi connectivity index (χ1v) is 6.61. The second-order valence-corrected chi connectivity index (χ2v) is 4.53. The van der Waals surface area contributed by atoms with Crippen LogP contribution in [0.1, 0.15) is 16.1 Å². The number of hydrogen-bond donors (Lipinski definition) is 2. The Kier molecular flexibility index (Phi) is 3.94. The lowest BCUT2D eigenvalue weighted by Crippen LogP contribution is -2.06. The molecule has 0 saturated heterocycles. The Labute approximate surface area is 109 Å². The molecule has 0 amide bonds. The van der Waals surface area contributed by atoms with Crippen molar-refractivity contribution in [2.75, 3.05) is 11.6 Å². The van der Waals surface area contributed by atoms with Crippen LogP contribution in [-0.2, 0) is 6.54 Å². The van der Waals surface area contributed by atoms with Crippen LogP contribution in [0, 0.1) is 0 Å². The van der Waals surface area contributed by atoms with Crippen LogP contribution in [0.3, 0.4) is 0 Å². The van der Waals surface area contributed by atoms with Gasteiger partial charge in [-0.2, -0.15) is 0 Å². The fraction of sp³-hybridized carbons (Fsp3) is 0.154. The molecule has 4 nitrogen and oxygen atoms in total. The summed E-state index contributed by atoms with van der Waals surface area (Å²) in [6.07, 6.45) is 3.50. The topological polar surface area (TPSA) is 62.5 Å². The van der Waals surface area contributed by atoms with E-state index in [1.807, 2.05) is 18.4 Å². The van der Waals surface area contributed by atoms with Gasteiger partial charge in [-0.3, -0.25) is 0 Å². The number of thioether (sulfide) groups is 1. The average Bonchev–Trinajstić information content (AvgIpc) is 2.89. The first-order valence-electron chi connectivity index (χ1n) is 5.38. The molecule has 0 atom stereocenters. The minimum atomic E-state index is -0.937. The number of nitrogens with one attached hydrogen (secondary N) is 1. The normalized spacial score (nSPS) is 10.3. The van der Waals surface area contributed by atoms with E-state index >= 15 is 0 Å². The van der Waals surface area contributed by atoms with Gasteiger partial charge in [0.15, 0.2) is 0 Å². The lowest BCUT2D eigenvalue weighted by molar-refractivity contribution is 0.0697. The molecule has 0 bridgehead atoms. The van der Waals surface area contributed by atoms with Crippen molar-refractivity contribution < 1.29 is 14.3 Å². The molecule has 2 rings (SSSR count). The van der Waals surface area contributed by atoms with Gasteiger partial charge in [-0.05, 0) is 36.6 Å². The summed E-state index contributed by atoms with van der Waals surface area (Å²) in [6, 6.07) is 8.97.